The van der Waals surface area contributed by atoms with Crippen LogP contribution in [0.1, 0.15) is 16.8 Å². The van der Waals surface area contributed by atoms with Crippen molar-refractivity contribution < 1.29 is 4.79 Å². The number of anilines is 1. The minimum Gasteiger partial charge on any atom is -0.320 e. The fourth-order valence-corrected chi connectivity index (χ4v) is 1.77. The first-order chi connectivity index (χ1) is 10.2. The quantitative estimate of drug-likeness (QED) is 0.830. The van der Waals surface area contributed by atoms with Crippen molar-refractivity contribution in [2.45, 2.75) is 13.3 Å². The molecule has 0 radical (unpaired) electrons. The monoisotopic (exact) mass is 280 g/mol. The van der Waals surface area contributed by atoms with E-state index < -0.39 is 0 Å². The Hall–Kier alpha value is -2.71. The van der Waals surface area contributed by atoms with Crippen LogP contribution in [-0.2, 0) is 11.2 Å². The molecule has 2 rings (SSSR count). The van der Waals surface area contributed by atoms with E-state index in [4.69, 9.17) is 5.73 Å². The van der Waals surface area contributed by atoms with Gasteiger partial charge in [0.1, 0.15) is 5.82 Å². The van der Waals surface area contributed by atoms with Crippen LogP contribution in [-0.4, -0.2) is 22.4 Å². The first-order valence-corrected chi connectivity index (χ1v) is 6.54. The summed E-state index contributed by atoms with van der Waals surface area (Å²) in [6.45, 7) is 2.22. The van der Waals surface area contributed by atoms with E-state index in [-0.39, 0.29) is 12.3 Å². The summed E-state index contributed by atoms with van der Waals surface area (Å²) in [5.41, 5.74) is 7.84. The molecule has 1 amide bonds. The van der Waals surface area contributed by atoms with E-state index in [9.17, 15) is 4.79 Å². The maximum absolute atomic E-state index is 12.0. The molecule has 0 aliphatic heterocycles. The molecule has 5 heteroatoms. The number of carbonyl (C=O) groups excluding carboxylic acids is 1. The molecule has 5 nitrogen and oxygen atoms in total. The molecule has 0 saturated carbocycles. The zero-order valence-corrected chi connectivity index (χ0v) is 11.8. The molecule has 0 aliphatic carbocycles. The standard InChI is InChI=1S/C16H16N4O/c1-12-4-3-8-18-14(12)11-16(21)20-15-10-13(5-2-7-17)6-9-19-15/h3-4,6,8-10H,7,11,17H2,1H3,(H,19,20,21). The second-order valence-corrected chi connectivity index (χ2v) is 4.43. The third-order valence-corrected chi connectivity index (χ3v) is 2.81. The maximum Gasteiger partial charge on any atom is 0.231 e. The van der Waals surface area contributed by atoms with E-state index in [0.29, 0.717) is 12.4 Å². The number of nitrogens with zero attached hydrogens (tertiary/aromatic N) is 2. The Morgan fingerprint density at radius 2 is 2.19 bits per heavy atom. The van der Waals surface area contributed by atoms with Crippen molar-refractivity contribution >= 4 is 11.7 Å². The molecule has 0 aliphatic rings. The van der Waals surface area contributed by atoms with Crippen LogP contribution in [0.5, 0.6) is 0 Å². The molecule has 0 fully saturated rings. The molecule has 106 valence electrons. The number of aromatic nitrogens is 2. The Morgan fingerprint density at radius 3 is 2.95 bits per heavy atom. The Balaban J connectivity index is 2.04. The fourth-order valence-electron chi connectivity index (χ4n) is 1.77. The predicted molar refractivity (Wildman–Crippen MR) is 81.5 cm³/mol. The Morgan fingerprint density at radius 1 is 1.33 bits per heavy atom. The minimum atomic E-state index is -0.159. The first-order valence-electron chi connectivity index (χ1n) is 6.54. The van der Waals surface area contributed by atoms with Crippen molar-refractivity contribution in [3.63, 3.8) is 0 Å². The summed E-state index contributed by atoms with van der Waals surface area (Å²) in [6.07, 6.45) is 3.49. The maximum atomic E-state index is 12.0. The van der Waals surface area contributed by atoms with Gasteiger partial charge in [-0.2, -0.15) is 0 Å². The van der Waals surface area contributed by atoms with Crippen LogP contribution in [0.25, 0.3) is 0 Å². The highest BCUT2D eigenvalue weighted by Crippen LogP contribution is 2.08. The molecule has 2 aromatic heterocycles. The Labute approximate surface area is 123 Å². The molecule has 2 aromatic rings. The topological polar surface area (TPSA) is 80.9 Å². The van der Waals surface area contributed by atoms with Gasteiger partial charge in [0.25, 0.3) is 0 Å². The Kier molecular flexibility index (Phi) is 5.02. The number of hydrogen-bond acceptors (Lipinski definition) is 4. The van der Waals surface area contributed by atoms with Gasteiger partial charge in [-0.3, -0.25) is 9.78 Å². The van der Waals surface area contributed by atoms with Crippen LogP contribution < -0.4 is 11.1 Å². The fraction of sp³-hybridized carbons (Fsp3) is 0.188. The predicted octanol–water partition coefficient (Wildman–Crippen LogP) is 1.28. The largest absolute Gasteiger partial charge is 0.320 e. The van der Waals surface area contributed by atoms with Crippen LogP contribution in [0, 0.1) is 18.8 Å². The van der Waals surface area contributed by atoms with Gasteiger partial charge in [0.05, 0.1) is 18.7 Å². The van der Waals surface area contributed by atoms with Crippen LogP contribution >= 0.6 is 0 Å². The van der Waals surface area contributed by atoms with Gasteiger partial charge < -0.3 is 11.1 Å². The van der Waals surface area contributed by atoms with Gasteiger partial charge in [-0.1, -0.05) is 17.9 Å². The number of hydrogen-bond donors (Lipinski definition) is 2. The molecule has 0 spiro atoms. The van der Waals surface area contributed by atoms with E-state index in [2.05, 4.69) is 27.1 Å². The Bertz CT molecular complexity index is 701. The lowest BCUT2D eigenvalue weighted by atomic mass is 10.1. The summed E-state index contributed by atoms with van der Waals surface area (Å²) in [5, 5.41) is 2.75. The lowest BCUT2D eigenvalue weighted by molar-refractivity contribution is -0.115. The van der Waals surface area contributed by atoms with Gasteiger partial charge in [-0.25, -0.2) is 4.98 Å². The number of carbonyl (C=O) groups is 1. The smallest absolute Gasteiger partial charge is 0.231 e. The van der Waals surface area contributed by atoms with Crippen LogP contribution in [0.3, 0.4) is 0 Å². The highest BCUT2D eigenvalue weighted by Gasteiger charge is 2.08. The number of rotatable bonds is 3. The molecule has 3 N–H and O–H groups in total. The summed E-state index contributed by atoms with van der Waals surface area (Å²) in [7, 11) is 0. The first kappa shape index (κ1) is 14.7. The highest BCUT2D eigenvalue weighted by molar-refractivity contribution is 5.91. The normalized spacial score (nSPS) is 9.62. The highest BCUT2D eigenvalue weighted by atomic mass is 16.1. The van der Waals surface area contributed by atoms with Crippen LogP contribution in [0.4, 0.5) is 5.82 Å². The summed E-state index contributed by atoms with van der Waals surface area (Å²) < 4.78 is 0. The number of nitrogens with one attached hydrogen (secondary N) is 1. The van der Waals surface area contributed by atoms with Gasteiger partial charge in [0.15, 0.2) is 0 Å². The van der Waals surface area contributed by atoms with Crippen LogP contribution in [0.2, 0.25) is 0 Å². The summed E-state index contributed by atoms with van der Waals surface area (Å²) >= 11 is 0. The lowest BCUT2D eigenvalue weighted by Crippen LogP contribution is -2.16. The molecule has 0 saturated heterocycles. The van der Waals surface area contributed by atoms with Crippen LogP contribution in [0.15, 0.2) is 36.7 Å². The van der Waals surface area contributed by atoms with Gasteiger partial charge in [-0.15, -0.1) is 0 Å². The zero-order chi connectivity index (χ0) is 15.1. The average molecular weight is 280 g/mol. The minimum absolute atomic E-state index is 0.159. The summed E-state index contributed by atoms with van der Waals surface area (Å²) in [5.74, 6) is 5.97. The second-order valence-electron chi connectivity index (χ2n) is 4.43. The van der Waals surface area contributed by atoms with Crippen molar-refractivity contribution in [1.82, 2.24) is 9.97 Å². The molecular weight excluding hydrogens is 264 g/mol. The van der Waals surface area contributed by atoms with Gasteiger partial charge in [0, 0.05) is 18.0 Å². The summed E-state index contributed by atoms with van der Waals surface area (Å²) in [6, 6.07) is 7.25. The van der Waals surface area contributed by atoms with Gasteiger partial charge >= 0.3 is 0 Å². The van der Waals surface area contributed by atoms with Crippen molar-refractivity contribution in [2.75, 3.05) is 11.9 Å². The number of nitrogens with two attached hydrogens (primary N) is 1. The van der Waals surface area contributed by atoms with Crippen molar-refractivity contribution in [3.05, 3.63) is 53.5 Å². The SMILES string of the molecule is Cc1cccnc1CC(=O)Nc1cc(C#CCN)ccn1. The average Bonchev–Trinajstić information content (AvgIpc) is 2.48. The third-order valence-electron chi connectivity index (χ3n) is 2.81. The van der Waals surface area contributed by atoms with E-state index >= 15 is 0 Å². The van der Waals surface area contributed by atoms with E-state index in [1.54, 1.807) is 24.5 Å². The molecule has 0 aromatic carbocycles. The van der Waals surface area contributed by atoms with Gasteiger partial charge in [0.2, 0.25) is 5.91 Å². The van der Waals surface area contributed by atoms with Crippen molar-refractivity contribution in [1.29, 1.82) is 0 Å². The molecule has 2 heterocycles. The molecule has 21 heavy (non-hydrogen) atoms. The molecule has 0 bridgehead atoms. The number of amides is 1. The lowest BCUT2D eigenvalue weighted by Gasteiger charge is -2.06. The van der Waals surface area contributed by atoms with Crippen molar-refractivity contribution in [2.24, 2.45) is 5.73 Å². The zero-order valence-electron chi connectivity index (χ0n) is 11.8. The molecule has 0 atom stereocenters. The van der Waals surface area contributed by atoms with E-state index in [0.717, 1.165) is 16.8 Å². The second kappa shape index (κ2) is 7.17. The third kappa shape index (κ3) is 4.41. The number of aryl methyl sites for hydroxylation is 1. The molecule has 0 unspecified atom stereocenters. The number of pyridine rings is 2. The summed E-state index contributed by atoms with van der Waals surface area (Å²) in [4.78, 5) is 20.3. The molecular formula is C16H16N4O. The van der Waals surface area contributed by atoms with E-state index in [1.807, 2.05) is 19.1 Å². The van der Waals surface area contributed by atoms with Crippen molar-refractivity contribution in [3.8, 4) is 11.8 Å². The van der Waals surface area contributed by atoms with Gasteiger partial charge in [-0.05, 0) is 30.7 Å². The van der Waals surface area contributed by atoms with E-state index in [1.165, 1.54) is 0 Å².